The number of fused-ring (bicyclic) bond motifs is 1. The van der Waals surface area contributed by atoms with Gasteiger partial charge in [-0.3, -0.25) is 4.57 Å². The summed E-state index contributed by atoms with van der Waals surface area (Å²) in [6.45, 7) is 5.55. The molecule has 1 aliphatic heterocycles. The maximum Gasteiger partial charge on any atom is 0.111 e. The molecule has 0 amide bonds. The number of aromatic nitrogens is 2. The third kappa shape index (κ3) is 2.78. The van der Waals surface area contributed by atoms with Gasteiger partial charge in [0.15, 0.2) is 0 Å². The van der Waals surface area contributed by atoms with E-state index in [1.54, 1.807) is 11.8 Å². The van der Waals surface area contributed by atoms with E-state index in [1.807, 2.05) is 0 Å². The number of imidazole rings is 1. The van der Waals surface area contributed by atoms with Gasteiger partial charge in [0, 0.05) is 29.4 Å². The number of thioether (sulfide) groups is 1. The molecule has 1 saturated heterocycles. The van der Waals surface area contributed by atoms with E-state index in [2.05, 4.69) is 65.1 Å². The third-order valence-electron chi connectivity index (χ3n) is 4.51. The lowest BCUT2D eigenvalue weighted by molar-refractivity contribution is 0.122. The number of benzene rings is 2. The number of rotatable bonds is 3. The number of anilines is 1. The minimum absolute atomic E-state index is 0.798. The highest BCUT2D eigenvalue weighted by Crippen LogP contribution is 2.27. The Kier molecular flexibility index (Phi) is 4.21. The minimum Gasteiger partial charge on any atom is -0.378 e. The van der Waals surface area contributed by atoms with Gasteiger partial charge in [-0.2, -0.15) is 0 Å². The lowest BCUT2D eigenvalue weighted by Gasteiger charge is -2.28. The minimum atomic E-state index is 0.798. The van der Waals surface area contributed by atoms with Crippen molar-refractivity contribution in [3.63, 3.8) is 0 Å². The molecule has 4 rings (SSSR count). The molecule has 1 aromatic heterocycles. The molecular weight excluding hydrogens is 318 g/mol. The molecule has 4 nitrogen and oxygen atoms in total. The molecule has 3 aromatic rings. The summed E-state index contributed by atoms with van der Waals surface area (Å²) in [5.41, 5.74) is 4.60. The molecule has 0 aliphatic carbocycles. The van der Waals surface area contributed by atoms with E-state index in [-0.39, 0.29) is 0 Å². The van der Waals surface area contributed by atoms with Crippen molar-refractivity contribution in [2.24, 2.45) is 0 Å². The highest BCUT2D eigenvalue weighted by Gasteiger charge is 2.15. The summed E-state index contributed by atoms with van der Waals surface area (Å²) in [5.74, 6) is 1.01. The standard InChI is InChI=1S/C19H21N3OS/c1-14-20-18-8-5-16(21-9-11-23-12-10-21)13-19(18)22(14)15-3-6-17(24-2)7-4-15/h3-8,13H,9-12H2,1-2H3. The van der Waals surface area contributed by atoms with Crippen LogP contribution in [0.2, 0.25) is 0 Å². The summed E-state index contributed by atoms with van der Waals surface area (Å²) in [7, 11) is 0. The molecule has 1 aliphatic rings. The van der Waals surface area contributed by atoms with E-state index in [0.717, 1.165) is 48.8 Å². The third-order valence-corrected chi connectivity index (χ3v) is 5.26. The van der Waals surface area contributed by atoms with Gasteiger partial charge in [0.25, 0.3) is 0 Å². The van der Waals surface area contributed by atoms with Crippen molar-refractivity contribution >= 4 is 28.5 Å². The fourth-order valence-corrected chi connectivity index (χ4v) is 3.67. The van der Waals surface area contributed by atoms with E-state index in [4.69, 9.17) is 9.72 Å². The van der Waals surface area contributed by atoms with Gasteiger partial charge in [-0.1, -0.05) is 0 Å². The Bertz CT molecular complexity index is 851. The van der Waals surface area contributed by atoms with Crippen molar-refractivity contribution in [1.82, 2.24) is 9.55 Å². The maximum absolute atomic E-state index is 5.47. The summed E-state index contributed by atoms with van der Waals surface area (Å²) in [6.07, 6.45) is 2.10. The molecule has 5 heteroatoms. The Balaban J connectivity index is 1.79. The van der Waals surface area contributed by atoms with Gasteiger partial charge < -0.3 is 9.64 Å². The topological polar surface area (TPSA) is 30.3 Å². The number of ether oxygens (including phenoxy) is 1. The summed E-state index contributed by atoms with van der Waals surface area (Å²) < 4.78 is 7.71. The van der Waals surface area contributed by atoms with Gasteiger partial charge in [0.2, 0.25) is 0 Å². The average Bonchev–Trinajstić information content (AvgIpc) is 2.97. The zero-order valence-electron chi connectivity index (χ0n) is 14.0. The SMILES string of the molecule is CSc1ccc(-n2c(C)nc3ccc(N4CCOCC4)cc32)cc1. The molecule has 0 atom stereocenters. The van der Waals surface area contributed by atoms with Crippen LogP contribution < -0.4 is 4.90 Å². The second kappa shape index (κ2) is 6.49. The largest absolute Gasteiger partial charge is 0.378 e. The number of hydrogen-bond donors (Lipinski definition) is 0. The zero-order chi connectivity index (χ0) is 16.5. The molecule has 2 aromatic carbocycles. The van der Waals surface area contributed by atoms with Crippen molar-refractivity contribution < 1.29 is 4.74 Å². The Labute approximate surface area is 146 Å². The molecule has 24 heavy (non-hydrogen) atoms. The van der Waals surface area contributed by atoms with Crippen molar-refractivity contribution in [3.05, 3.63) is 48.3 Å². The van der Waals surface area contributed by atoms with E-state index in [0.29, 0.717) is 0 Å². The average molecular weight is 339 g/mol. The van der Waals surface area contributed by atoms with Crippen LogP contribution in [0.5, 0.6) is 0 Å². The first-order chi connectivity index (χ1) is 11.8. The number of hydrogen-bond acceptors (Lipinski definition) is 4. The normalized spacial score (nSPS) is 15.2. The van der Waals surface area contributed by atoms with E-state index < -0.39 is 0 Å². The van der Waals surface area contributed by atoms with Gasteiger partial charge in [-0.05, 0) is 55.6 Å². The second-order valence-corrected chi connectivity index (χ2v) is 6.84. The first-order valence-electron chi connectivity index (χ1n) is 8.22. The summed E-state index contributed by atoms with van der Waals surface area (Å²) >= 11 is 1.76. The van der Waals surface area contributed by atoms with Crippen LogP contribution in [-0.4, -0.2) is 42.1 Å². The Morgan fingerprint density at radius 3 is 2.42 bits per heavy atom. The van der Waals surface area contributed by atoms with E-state index in [9.17, 15) is 0 Å². The van der Waals surface area contributed by atoms with Crippen LogP contribution in [0.15, 0.2) is 47.4 Å². The lowest BCUT2D eigenvalue weighted by Crippen LogP contribution is -2.36. The molecule has 0 radical (unpaired) electrons. The summed E-state index contributed by atoms with van der Waals surface area (Å²) in [5, 5.41) is 0. The zero-order valence-corrected chi connectivity index (χ0v) is 14.8. The van der Waals surface area contributed by atoms with Crippen LogP contribution in [0.1, 0.15) is 5.82 Å². The molecule has 0 N–H and O–H groups in total. The molecule has 0 bridgehead atoms. The number of morpholine rings is 1. The van der Waals surface area contributed by atoms with Gasteiger partial charge in [-0.15, -0.1) is 11.8 Å². The molecule has 2 heterocycles. The molecule has 1 fully saturated rings. The van der Waals surface area contributed by atoms with E-state index >= 15 is 0 Å². The summed E-state index contributed by atoms with van der Waals surface area (Å²) in [4.78, 5) is 8.39. The molecule has 124 valence electrons. The van der Waals surface area contributed by atoms with Crippen molar-refractivity contribution in [2.45, 2.75) is 11.8 Å². The quantitative estimate of drug-likeness (QED) is 0.677. The smallest absolute Gasteiger partial charge is 0.111 e. The fourth-order valence-electron chi connectivity index (χ4n) is 3.26. The van der Waals surface area contributed by atoms with Crippen molar-refractivity contribution in [3.8, 4) is 5.69 Å². The predicted octanol–water partition coefficient (Wildman–Crippen LogP) is 3.89. The Morgan fingerprint density at radius 1 is 1.00 bits per heavy atom. The monoisotopic (exact) mass is 339 g/mol. The Morgan fingerprint density at radius 2 is 1.71 bits per heavy atom. The van der Waals surface area contributed by atoms with Gasteiger partial charge >= 0.3 is 0 Å². The molecular formula is C19H21N3OS. The van der Waals surface area contributed by atoms with Crippen LogP contribution in [0.25, 0.3) is 16.7 Å². The maximum atomic E-state index is 5.47. The number of nitrogens with zero attached hydrogens (tertiary/aromatic N) is 3. The second-order valence-electron chi connectivity index (χ2n) is 5.96. The van der Waals surface area contributed by atoms with Gasteiger partial charge in [-0.25, -0.2) is 4.98 Å². The van der Waals surface area contributed by atoms with Crippen molar-refractivity contribution in [2.75, 3.05) is 37.5 Å². The van der Waals surface area contributed by atoms with Gasteiger partial charge in [0.05, 0.1) is 24.2 Å². The summed E-state index contributed by atoms with van der Waals surface area (Å²) in [6, 6.07) is 15.2. The van der Waals surface area contributed by atoms with Crippen molar-refractivity contribution in [1.29, 1.82) is 0 Å². The first kappa shape index (κ1) is 15.5. The first-order valence-corrected chi connectivity index (χ1v) is 9.45. The van der Waals surface area contributed by atoms with Gasteiger partial charge in [0.1, 0.15) is 5.82 Å². The van der Waals surface area contributed by atoms with E-state index in [1.165, 1.54) is 10.6 Å². The Hall–Kier alpha value is -1.98. The van der Waals surface area contributed by atoms with Crippen LogP contribution in [0.4, 0.5) is 5.69 Å². The number of aryl methyl sites for hydroxylation is 1. The van der Waals surface area contributed by atoms with Crippen LogP contribution >= 0.6 is 11.8 Å². The molecule has 0 saturated carbocycles. The predicted molar refractivity (Wildman–Crippen MR) is 101 cm³/mol. The molecule has 0 spiro atoms. The molecule has 0 unspecified atom stereocenters. The fraction of sp³-hybridized carbons (Fsp3) is 0.316. The highest BCUT2D eigenvalue weighted by atomic mass is 32.2. The van der Waals surface area contributed by atoms with Crippen LogP contribution in [-0.2, 0) is 4.74 Å². The van der Waals surface area contributed by atoms with Crippen LogP contribution in [0, 0.1) is 6.92 Å². The van der Waals surface area contributed by atoms with Crippen LogP contribution in [0.3, 0.4) is 0 Å². The lowest BCUT2D eigenvalue weighted by atomic mass is 10.2. The highest BCUT2D eigenvalue weighted by molar-refractivity contribution is 7.98.